The predicted octanol–water partition coefficient (Wildman–Crippen LogP) is 1.45. The van der Waals surface area contributed by atoms with Crippen molar-refractivity contribution in [3.63, 3.8) is 0 Å². The van der Waals surface area contributed by atoms with E-state index in [0.29, 0.717) is 12.1 Å². The fourth-order valence-electron chi connectivity index (χ4n) is 2.61. The van der Waals surface area contributed by atoms with E-state index in [1.54, 1.807) is 0 Å². The number of aliphatic hydroxyl groups is 1. The average Bonchev–Trinajstić information content (AvgIpc) is 2.67. The molecule has 3 atom stereocenters. The van der Waals surface area contributed by atoms with E-state index in [1.165, 1.54) is 32.1 Å². The Kier molecular flexibility index (Phi) is 4.42. The molecule has 0 radical (unpaired) electrons. The number of hydrogen-bond donors (Lipinski definition) is 2. The second-order valence-electron chi connectivity index (χ2n) is 4.86. The summed E-state index contributed by atoms with van der Waals surface area (Å²) in [5.41, 5.74) is 0. The van der Waals surface area contributed by atoms with Crippen LogP contribution in [0.1, 0.15) is 44.9 Å². The molecule has 3 unspecified atom stereocenters. The molecule has 1 aliphatic heterocycles. The van der Waals surface area contributed by atoms with Gasteiger partial charge in [-0.15, -0.1) is 0 Å². The van der Waals surface area contributed by atoms with Gasteiger partial charge in [0.2, 0.25) is 0 Å². The van der Waals surface area contributed by atoms with Crippen molar-refractivity contribution in [3.8, 4) is 0 Å². The van der Waals surface area contributed by atoms with Gasteiger partial charge in [-0.3, -0.25) is 0 Å². The van der Waals surface area contributed by atoms with E-state index in [2.05, 4.69) is 5.32 Å². The summed E-state index contributed by atoms with van der Waals surface area (Å²) < 4.78 is 5.57. The summed E-state index contributed by atoms with van der Waals surface area (Å²) in [4.78, 5) is 0. The summed E-state index contributed by atoms with van der Waals surface area (Å²) in [6.07, 6.45) is 8.40. The van der Waals surface area contributed by atoms with Gasteiger partial charge in [-0.1, -0.05) is 19.3 Å². The van der Waals surface area contributed by atoms with Gasteiger partial charge < -0.3 is 15.2 Å². The quantitative estimate of drug-likeness (QED) is 0.697. The van der Waals surface area contributed by atoms with Crippen molar-refractivity contribution >= 4 is 0 Å². The monoisotopic (exact) mass is 213 g/mol. The maximum atomic E-state index is 9.92. The van der Waals surface area contributed by atoms with Crippen LogP contribution in [0.25, 0.3) is 0 Å². The molecule has 15 heavy (non-hydrogen) atoms. The molecule has 3 heteroatoms. The molecule has 1 saturated heterocycles. The molecule has 0 aromatic heterocycles. The van der Waals surface area contributed by atoms with Crippen LogP contribution in [0.4, 0.5) is 0 Å². The predicted molar refractivity (Wildman–Crippen MR) is 59.9 cm³/mol. The van der Waals surface area contributed by atoms with Crippen LogP contribution in [-0.2, 0) is 4.74 Å². The summed E-state index contributed by atoms with van der Waals surface area (Å²) in [5.74, 6) is 0. The number of nitrogens with one attached hydrogen (secondary N) is 1. The fourth-order valence-corrected chi connectivity index (χ4v) is 2.61. The Labute approximate surface area is 92.2 Å². The van der Waals surface area contributed by atoms with Crippen molar-refractivity contribution in [2.24, 2.45) is 0 Å². The highest BCUT2D eigenvalue weighted by molar-refractivity contribution is 4.80. The van der Waals surface area contributed by atoms with Crippen molar-refractivity contribution in [2.45, 2.75) is 63.2 Å². The van der Waals surface area contributed by atoms with Gasteiger partial charge in [-0.25, -0.2) is 0 Å². The number of rotatable bonds is 3. The highest BCUT2D eigenvalue weighted by atomic mass is 16.5. The molecule has 1 aliphatic carbocycles. The lowest BCUT2D eigenvalue weighted by Gasteiger charge is -2.23. The van der Waals surface area contributed by atoms with Crippen LogP contribution in [0.3, 0.4) is 0 Å². The van der Waals surface area contributed by atoms with E-state index in [1.807, 2.05) is 0 Å². The summed E-state index contributed by atoms with van der Waals surface area (Å²) >= 11 is 0. The van der Waals surface area contributed by atoms with E-state index in [-0.39, 0.29) is 6.10 Å². The van der Waals surface area contributed by atoms with Crippen molar-refractivity contribution < 1.29 is 9.84 Å². The topological polar surface area (TPSA) is 41.5 Å². The molecular weight excluding hydrogens is 190 g/mol. The molecule has 2 aliphatic rings. The van der Waals surface area contributed by atoms with Crippen LogP contribution >= 0.6 is 0 Å². The molecule has 1 saturated carbocycles. The summed E-state index contributed by atoms with van der Waals surface area (Å²) in [6, 6.07) is 0.302. The van der Waals surface area contributed by atoms with Crippen LogP contribution in [0.15, 0.2) is 0 Å². The lowest BCUT2D eigenvalue weighted by atomic mass is 10.1. The van der Waals surface area contributed by atoms with Gasteiger partial charge >= 0.3 is 0 Å². The maximum Gasteiger partial charge on any atom is 0.0700 e. The minimum Gasteiger partial charge on any atom is -0.392 e. The van der Waals surface area contributed by atoms with Crippen LogP contribution < -0.4 is 5.32 Å². The van der Waals surface area contributed by atoms with Gasteiger partial charge in [0.15, 0.2) is 0 Å². The van der Waals surface area contributed by atoms with E-state index in [9.17, 15) is 5.11 Å². The Balaban J connectivity index is 1.71. The molecule has 0 spiro atoms. The van der Waals surface area contributed by atoms with Crippen LogP contribution in [-0.4, -0.2) is 36.5 Å². The SMILES string of the molecule is OC1CCCCCC1NCC1CCCO1. The second-order valence-corrected chi connectivity index (χ2v) is 4.86. The fraction of sp³-hybridized carbons (Fsp3) is 1.00. The normalized spacial score (nSPS) is 37.8. The third-order valence-electron chi connectivity index (χ3n) is 3.61. The Morgan fingerprint density at radius 1 is 1.07 bits per heavy atom. The third-order valence-corrected chi connectivity index (χ3v) is 3.61. The van der Waals surface area contributed by atoms with E-state index >= 15 is 0 Å². The van der Waals surface area contributed by atoms with Crippen LogP contribution in [0.5, 0.6) is 0 Å². The number of hydrogen-bond acceptors (Lipinski definition) is 3. The second kappa shape index (κ2) is 5.83. The van der Waals surface area contributed by atoms with Crippen molar-refractivity contribution in [1.29, 1.82) is 0 Å². The first-order valence-electron chi connectivity index (χ1n) is 6.39. The molecular formula is C12H23NO2. The van der Waals surface area contributed by atoms with E-state index in [0.717, 1.165) is 26.0 Å². The lowest BCUT2D eigenvalue weighted by molar-refractivity contribution is 0.0851. The van der Waals surface area contributed by atoms with E-state index in [4.69, 9.17) is 4.74 Å². The Morgan fingerprint density at radius 2 is 1.93 bits per heavy atom. The first-order chi connectivity index (χ1) is 7.36. The largest absolute Gasteiger partial charge is 0.392 e. The highest BCUT2D eigenvalue weighted by Crippen LogP contribution is 2.18. The zero-order chi connectivity index (χ0) is 10.5. The molecule has 0 amide bonds. The van der Waals surface area contributed by atoms with Crippen LogP contribution in [0, 0.1) is 0 Å². The molecule has 0 aromatic rings. The van der Waals surface area contributed by atoms with Gasteiger partial charge in [0.05, 0.1) is 12.2 Å². The average molecular weight is 213 g/mol. The summed E-state index contributed by atoms with van der Waals surface area (Å²) in [5, 5.41) is 13.4. The van der Waals surface area contributed by atoms with Gasteiger partial charge in [0.1, 0.15) is 0 Å². The minimum atomic E-state index is -0.145. The standard InChI is InChI=1S/C12H23NO2/c14-12-7-3-1-2-6-11(12)13-9-10-5-4-8-15-10/h10-14H,1-9H2. The summed E-state index contributed by atoms with van der Waals surface area (Å²) in [6.45, 7) is 1.83. The Morgan fingerprint density at radius 3 is 2.73 bits per heavy atom. The Bertz CT molecular complexity index is 180. The zero-order valence-electron chi connectivity index (χ0n) is 9.45. The Hall–Kier alpha value is -0.120. The maximum absolute atomic E-state index is 9.92. The van der Waals surface area contributed by atoms with Gasteiger partial charge in [0.25, 0.3) is 0 Å². The molecule has 0 aromatic carbocycles. The number of ether oxygens (including phenoxy) is 1. The molecule has 2 fully saturated rings. The van der Waals surface area contributed by atoms with Crippen molar-refractivity contribution in [3.05, 3.63) is 0 Å². The third kappa shape index (κ3) is 3.44. The molecule has 2 rings (SSSR count). The molecule has 88 valence electrons. The van der Waals surface area contributed by atoms with Crippen molar-refractivity contribution in [1.82, 2.24) is 5.32 Å². The van der Waals surface area contributed by atoms with Crippen LogP contribution in [0.2, 0.25) is 0 Å². The number of aliphatic hydroxyl groups excluding tert-OH is 1. The summed E-state index contributed by atoms with van der Waals surface area (Å²) in [7, 11) is 0. The van der Waals surface area contributed by atoms with Gasteiger partial charge in [-0.05, 0) is 25.7 Å². The molecule has 2 N–H and O–H groups in total. The zero-order valence-corrected chi connectivity index (χ0v) is 9.45. The molecule has 0 bridgehead atoms. The first-order valence-corrected chi connectivity index (χ1v) is 6.39. The molecule has 3 nitrogen and oxygen atoms in total. The smallest absolute Gasteiger partial charge is 0.0700 e. The van der Waals surface area contributed by atoms with Gasteiger partial charge in [0, 0.05) is 19.2 Å². The van der Waals surface area contributed by atoms with E-state index < -0.39 is 0 Å². The minimum absolute atomic E-state index is 0.145. The first kappa shape index (κ1) is 11.4. The van der Waals surface area contributed by atoms with Gasteiger partial charge in [-0.2, -0.15) is 0 Å². The molecule has 1 heterocycles. The van der Waals surface area contributed by atoms with Crippen molar-refractivity contribution in [2.75, 3.05) is 13.2 Å². The lowest BCUT2D eigenvalue weighted by Crippen LogP contribution is -2.42. The highest BCUT2D eigenvalue weighted by Gasteiger charge is 2.23.